The van der Waals surface area contributed by atoms with Gasteiger partial charge in [-0.3, -0.25) is 9.05 Å². The molecule has 0 amide bonds. The molecule has 4 atom stereocenters. The molecule has 0 radical (unpaired) electrons. The zero-order chi connectivity index (χ0) is 32.4. The molecule has 0 rings (SSSR count). The lowest BCUT2D eigenvalue weighted by Crippen LogP contribution is -2.20. The average Bonchev–Trinajstić information content (AvgIpc) is 2.94. The van der Waals surface area contributed by atoms with Crippen LogP contribution in [-0.2, 0) is 32.6 Å². The van der Waals surface area contributed by atoms with Crippen molar-refractivity contribution in [3.05, 3.63) is 0 Å². The second-order valence-corrected chi connectivity index (χ2v) is 10.3. The van der Waals surface area contributed by atoms with E-state index in [1.54, 1.807) is 13.8 Å². The Kier molecular flexibility index (Phi) is 151. The van der Waals surface area contributed by atoms with Gasteiger partial charge in [0.2, 0.25) is 0 Å². The van der Waals surface area contributed by atoms with Gasteiger partial charge in [-0.2, -0.15) is 0 Å². The standard InChI is InChI=1S/C10H22O4.C8H18O3.C6H14O.C4H11O4P.11CH4/c1-3-9(11)7-13-5-6-14-8-10(12)4-2;1-3-5-8(10)11-6-7(9)4-2;1-3-5-7-6-4-2;1-3-7-9(5,6)8-4-2;;;;;;;;;;;/h9-12H,3-8H2,1-2H3;7-10H,3-6H2,1-2H3;3-6H2,1-2H3;3-4H2,1-2H3,(H,5,6);11*1H4. The number of phosphoric acid groups is 1. The largest absolute Gasteiger partial charge is 0.472 e. The fourth-order valence-corrected chi connectivity index (χ4v) is 2.94. The molecule has 4 unspecified atom stereocenters. The molecule has 12 nitrogen and oxygen atoms in total. The van der Waals surface area contributed by atoms with E-state index in [-0.39, 0.29) is 114 Å². The molecule has 0 aliphatic carbocycles. The quantitative estimate of drug-likeness (QED) is 0.0376. The van der Waals surface area contributed by atoms with Crippen LogP contribution in [0.1, 0.15) is 182 Å². The van der Waals surface area contributed by atoms with Crippen LogP contribution in [0.4, 0.5) is 0 Å². The number of phosphoric ester groups is 1. The third-order valence-corrected chi connectivity index (χ3v) is 5.87. The van der Waals surface area contributed by atoms with Gasteiger partial charge < -0.3 is 44.3 Å². The van der Waals surface area contributed by atoms with E-state index < -0.39 is 20.2 Å². The summed E-state index contributed by atoms with van der Waals surface area (Å²) in [6, 6.07) is 0. The van der Waals surface area contributed by atoms with Crippen molar-refractivity contribution in [2.24, 2.45) is 0 Å². The third kappa shape index (κ3) is 97.9. The van der Waals surface area contributed by atoms with Crippen LogP contribution in [0.2, 0.25) is 0 Å². The molecule has 0 aromatic heterocycles. The molecule has 0 saturated carbocycles. The number of hydrogen-bond acceptors (Lipinski definition) is 11. The molecule has 0 aliphatic rings. The lowest BCUT2D eigenvalue weighted by molar-refractivity contribution is -0.124. The Morgan fingerprint density at radius 1 is 0.462 bits per heavy atom. The van der Waals surface area contributed by atoms with Gasteiger partial charge in [0, 0.05) is 13.2 Å². The highest BCUT2D eigenvalue weighted by Gasteiger charge is 2.17. The highest BCUT2D eigenvalue weighted by atomic mass is 31.2. The van der Waals surface area contributed by atoms with E-state index in [0.717, 1.165) is 32.5 Å². The van der Waals surface area contributed by atoms with E-state index in [0.29, 0.717) is 52.1 Å². The van der Waals surface area contributed by atoms with E-state index in [1.165, 1.54) is 0 Å². The first-order chi connectivity index (χ1) is 19.4. The maximum Gasteiger partial charge on any atom is 0.472 e. The minimum absolute atomic E-state index is 0. The fraction of sp³-hybridized carbons (Fsp3) is 1.00. The maximum absolute atomic E-state index is 10.5. The Morgan fingerprint density at radius 3 is 1.02 bits per heavy atom. The van der Waals surface area contributed by atoms with Crippen molar-refractivity contribution in [1.29, 1.82) is 0 Å². The van der Waals surface area contributed by atoms with Gasteiger partial charge in [0.25, 0.3) is 0 Å². The van der Waals surface area contributed by atoms with Gasteiger partial charge in [-0.05, 0) is 52.4 Å². The second-order valence-electron chi connectivity index (χ2n) is 8.83. The lowest BCUT2D eigenvalue weighted by Gasteiger charge is -2.13. The molecule has 0 aliphatic heterocycles. The number of aliphatic hydroxyl groups excluding tert-OH is 4. The molecule has 0 aromatic carbocycles. The van der Waals surface area contributed by atoms with E-state index in [4.69, 9.17) is 44.3 Å². The minimum atomic E-state index is -3.69. The second kappa shape index (κ2) is 79.5. The number of aliphatic hydroxyl groups is 4. The van der Waals surface area contributed by atoms with Gasteiger partial charge in [-0.15, -0.1) is 0 Å². The van der Waals surface area contributed by atoms with Crippen LogP contribution in [0.25, 0.3) is 0 Å². The van der Waals surface area contributed by atoms with Gasteiger partial charge in [0.1, 0.15) is 0 Å². The first-order valence-electron chi connectivity index (χ1n) is 15.1. The van der Waals surface area contributed by atoms with Gasteiger partial charge in [-0.1, -0.05) is 130 Å². The Morgan fingerprint density at radius 2 is 0.769 bits per heavy atom. The highest BCUT2D eigenvalue weighted by molar-refractivity contribution is 7.47. The molecule has 5 N–H and O–H groups in total. The van der Waals surface area contributed by atoms with Crippen LogP contribution < -0.4 is 0 Å². The minimum Gasteiger partial charge on any atom is -0.391 e. The average molecular weight is 801 g/mol. The number of ether oxygens (including phenoxy) is 4. The van der Waals surface area contributed by atoms with Crippen molar-refractivity contribution in [2.75, 3.05) is 59.5 Å². The van der Waals surface area contributed by atoms with Crippen molar-refractivity contribution in [1.82, 2.24) is 0 Å². The summed E-state index contributed by atoms with van der Waals surface area (Å²) in [5, 5.41) is 36.4. The molecule has 0 saturated heterocycles. The monoisotopic (exact) mass is 801 g/mol. The summed E-state index contributed by atoms with van der Waals surface area (Å²) in [5.74, 6) is 0. The van der Waals surface area contributed by atoms with Gasteiger partial charge in [-0.25, -0.2) is 4.57 Å². The normalized spacial score (nSPS) is 10.9. The predicted molar refractivity (Wildman–Crippen MR) is 236 cm³/mol. The summed E-state index contributed by atoms with van der Waals surface area (Å²) < 4.78 is 39.6. The van der Waals surface area contributed by atoms with Crippen molar-refractivity contribution in [2.45, 2.75) is 207 Å². The number of hydrogen-bond donors (Lipinski definition) is 5. The third-order valence-electron chi connectivity index (χ3n) is 4.70. The Labute approximate surface area is 331 Å². The van der Waals surface area contributed by atoms with Crippen molar-refractivity contribution in [3.8, 4) is 0 Å². The van der Waals surface area contributed by atoms with Crippen molar-refractivity contribution in [3.63, 3.8) is 0 Å². The van der Waals surface area contributed by atoms with E-state index in [2.05, 4.69) is 22.9 Å². The fourth-order valence-electron chi connectivity index (χ4n) is 2.22. The van der Waals surface area contributed by atoms with Crippen molar-refractivity contribution >= 4 is 7.82 Å². The number of rotatable bonds is 23. The molecule has 342 valence electrons. The van der Waals surface area contributed by atoms with E-state index in [1.807, 2.05) is 27.7 Å². The first kappa shape index (κ1) is 98.7. The van der Waals surface area contributed by atoms with Crippen LogP contribution in [0.5, 0.6) is 0 Å². The van der Waals surface area contributed by atoms with Crippen LogP contribution >= 0.6 is 7.82 Å². The molecule has 13 heteroatoms. The van der Waals surface area contributed by atoms with E-state index >= 15 is 0 Å². The van der Waals surface area contributed by atoms with Crippen LogP contribution in [0, 0.1) is 0 Å². The van der Waals surface area contributed by atoms with Crippen LogP contribution in [0.3, 0.4) is 0 Å². The van der Waals surface area contributed by atoms with Crippen LogP contribution in [0.15, 0.2) is 0 Å². The topological polar surface area (TPSA) is 174 Å². The Hall–Kier alpha value is -0.210. The van der Waals surface area contributed by atoms with Gasteiger partial charge in [0.05, 0.1) is 64.6 Å². The zero-order valence-electron chi connectivity index (χ0n) is 27.2. The summed E-state index contributed by atoms with van der Waals surface area (Å²) in [7, 11) is -3.69. The van der Waals surface area contributed by atoms with Crippen molar-refractivity contribution < 1.29 is 57.9 Å². The molecule has 52 heavy (non-hydrogen) atoms. The lowest BCUT2D eigenvalue weighted by atomic mass is 10.3. The molecule has 0 aromatic rings. The SMILES string of the molecule is C.C.C.C.C.C.C.C.C.C.C.CCC(O)COCCOCC(O)CC.CCCC(O)OCC(O)CC.CCCOCCC.CCOP(=O)(O)OCC. The molecular formula is C39H109O12P. The summed E-state index contributed by atoms with van der Waals surface area (Å²) >= 11 is 0. The predicted octanol–water partition coefficient (Wildman–Crippen LogP) is 11.4. The summed E-state index contributed by atoms with van der Waals surface area (Å²) in [6.07, 6.45) is 3.97. The van der Waals surface area contributed by atoms with Gasteiger partial charge >= 0.3 is 7.82 Å². The zero-order valence-corrected chi connectivity index (χ0v) is 28.1. The summed E-state index contributed by atoms with van der Waals surface area (Å²) in [4.78, 5) is 8.63. The molecule has 0 bridgehead atoms. The highest BCUT2D eigenvalue weighted by Crippen LogP contribution is 2.42. The molecule has 0 fully saturated rings. The Bertz CT molecular complexity index is 494. The molecule has 0 heterocycles. The Balaban J connectivity index is -0.0000000258. The maximum atomic E-state index is 10.5. The first-order valence-corrected chi connectivity index (χ1v) is 16.6. The summed E-state index contributed by atoms with van der Waals surface area (Å²) in [5.41, 5.74) is 0. The van der Waals surface area contributed by atoms with Crippen LogP contribution in [-0.4, -0.2) is 109 Å². The smallest absolute Gasteiger partial charge is 0.391 e. The van der Waals surface area contributed by atoms with Gasteiger partial charge in [0.15, 0.2) is 6.29 Å². The molecular weight excluding hydrogens is 691 g/mol. The summed E-state index contributed by atoms with van der Waals surface area (Å²) in [6.45, 7) is 19.3. The van der Waals surface area contributed by atoms with E-state index in [9.17, 15) is 4.57 Å². The molecule has 0 spiro atoms.